The van der Waals surface area contributed by atoms with Crippen LogP contribution in [0, 0.1) is 0 Å². The van der Waals surface area contributed by atoms with E-state index in [4.69, 9.17) is 15.2 Å². The molecule has 0 unspecified atom stereocenters. The van der Waals surface area contributed by atoms with Gasteiger partial charge in [-0.2, -0.15) is 0 Å². The van der Waals surface area contributed by atoms with Gasteiger partial charge in [0, 0.05) is 11.1 Å². The van der Waals surface area contributed by atoms with Gasteiger partial charge in [-0.25, -0.2) is 4.39 Å². The molecule has 0 atom stereocenters. The number of hydrogen-bond donors (Lipinski definition) is 1. The van der Waals surface area contributed by atoms with Crippen molar-refractivity contribution < 1.29 is 13.9 Å². The first kappa shape index (κ1) is 15.1. The van der Waals surface area contributed by atoms with Gasteiger partial charge in [-0.05, 0) is 44.4 Å². The molecule has 0 aliphatic heterocycles. The minimum absolute atomic E-state index is 0.445. The van der Waals surface area contributed by atoms with Gasteiger partial charge in [-0.15, -0.1) is 0 Å². The van der Waals surface area contributed by atoms with Crippen LogP contribution in [-0.4, -0.2) is 14.2 Å². The van der Waals surface area contributed by atoms with Crippen molar-refractivity contribution in [2.24, 2.45) is 5.73 Å². The van der Waals surface area contributed by atoms with Crippen molar-refractivity contribution >= 4 is 0 Å². The minimum atomic E-state index is -1.44. The van der Waals surface area contributed by atoms with E-state index in [0.29, 0.717) is 17.1 Å². The van der Waals surface area contributed by atoms with Crippen LogP contribution in [0.3, 0.4) is 0 Å². The van der Waals surface area contributed by atoms with Crippen LogP contribution in [-0.2, 0) is 11.2 Å². The molecule has 1 aliphatic carbocycles. The lowest BCUT2D eigenvalue weighted by Crippen LogP contribution is -2.34. The van der Waals surface area contributed by atoms with Crippen molar-refractivity contribution in [3.05, 3.63) is 23.3 Å². The highest BCUT2D eigenvalue weighted by atomic mass is 19.1. The third-order valence-electron chi connectivity index (χ3n) is 4.20. The number of methoxy groups -OCH3 is 2. The molecule has 3 nitrogen and oxygen atoms in total. The Hall–Kier alpha value is -1.29. The summed E-state index contributed by atoms with van der Waals surface area (Å²) in [4.78, 5) is 0. The minimum Gasteiger partial charge on any atom is -0.493 e. The van der Waals surface area contributed by atoms with Crippen LogP contribution in [0.5, 0.6) is 11.5 Å². The van der Waals surface area contributed by atoms with E-state index in [1.807, 2.05) is 6.07 Å². The number of nitrogens with two attached hydrogens (primary N) is 1. The maximum absolute atomic E-state index is 14.3. The van der Waals surface area contributed by atoms with E-state index in [-0.39, 0.29) is 0 Å². The predicted molar refractivity (Wildman–Crippen MR) is 78.0 cm³/mol. The van der Waals surface area contributed by atoms with Crippen molar-refractivity contribution in [3.8, 4) is 11.5 Å². The number of ether oxygens (including phenoxy) is 2. The van der Waals surface area contributed by atoms with E-state index in [1.54, 1.807) is 20.3 Å². The Balaban J connectivity index is 2.63. The van der Waals surface area contributed by atoms with Crippen LogP contribution >= 0.6 is 0 Å². The average molecular weight is 281 g/mol. The van der Waals surface area contributed by atoms with Gasteiger partial charge in [-0.1, -0.05) is 12.8 Å². The molecule has 1 saturated carbocycles. The molecule has 2 N–H and O–H groups in total. The van der Waals surface area contributed by atoms with Gasteiger partial charge < -0.3 is 15.2 Å². The predicted octanol–water partition coefficient (Wildman–Crippen LogP) is 3.64. The van der Waals surface area contributed by atoms with Gasteiger partial charge in [0.1, 0.15) is 5.67 Å². The summed E-state index contributed by atoms with van der Waals surface area (Å²) < 4.78 is 25.2. The SMILES string of the molecule is COc1cc(C(C)(C)F)cc(C2(N)CCCC2)c1OC. The molecule has 0 saturated heterocycles. The molecule has 0 spiro atoms. The van der Waals surface area contributed by atoms with Gasteiger partial charge in [0.15, 0.2) is 11.5 Å². The topological polar surface area (TPSA) is 44.5 Å². The summed E-state index contributed by atoms with van der Waals surface area (Å²) >= 11 is 0. The summed E-state index contributed by atoms with van der Waals surface area (Å²) in [5.74, 6) is 1.17. The molecule has 4 heteroatoms. The molecule has 0 radical (unpaired) electrons. The normalized spacial score (nSPS) is 18.1. The van der Waals surface area contributed by atoms with E-state index in [2.05, 4.69) is 0 Å². The third-order valence-corrected chi connectivity index (χ3v) is 4.20. The first-order valence-corrected chi connectivity index (χ1v) is 7.06. The van der Waals surface area contributed by atoms with Crippen molar-refractivity contribution in [2.75, 3.05) is 14.2 Å². The van der Waals surface area contributed by atoms with Crippen molar-refractivity contribution in [1.29, 1.82) is 0 Å². The standard InChI is InChI=1S/C16H24FNO2/c1-15(2,17)11-9-12(16(18)7-5-6-8-16)14(20-4)13(10-11)19-3/h9-10H,5-8,18H2,1-4H3. The fraction of sp³-hybridized carbons (Fsp3) is 0.625. The molecule has 1 aromatic rings. The first-order valence-electron chi connectivity index (χ1n) is 7.06. The largest absolute Gasteiger partial charge is 0.493 e. The Labute approximate surface area is 120 Å². The van der Waals surface area contributed by atoms with Crippen LogP contribution in [0.2, 0.25) is 0 Å². The molecule has 0 bridgehead atoms. The molecular weight excluding hydrogens is 257 g/mol. The highest BCUT2D eigenvalue weighted by Gasteiger charge is 2.36. The number of benzene rings is 1. The summed E-state index contributed by atoms with van der Waals surface area (Å²) in [6.45, 7) is 3.08. The van der Waals surface area contributed by atoms with E-state index >= 15 is 0 Å². The van der Waals surface area contributed by atoms with Gasteiger partial charge >= 0.3 is 0 Å². The number of halogens is 1. The average Bonchev–Trinajstić information content (AvgIpc) is 2.84. The highest BCUT2D eigenvalue weighted by molar-refractivity contribution is 5.53. The fourth-order valence-corrected chi connectivity index (χ4v) is 2.95. The van der Waals surface area contributed by atoms with Crippen LogP contribution in [0.1, 0.15) is 50.7 Å². The lowest BCUT2D eigenvalue weighted by molar-refractivity contribution is 0.219. The van der Waals surface area contributed by atoms with Crippen molar-refractivity contribution in [1.82, 2.24) is 0 Å². The lowest BCUT2D eigenvalue weighted by Gasteiger charge is -2.29. The Kier molecular flexibility index (Phi) is 3.96. The number of rotatable bonds is 4. The third kappa shape index (κ3) is 2.62. The highest BCUT2D eigenvalue weighted by Crippen LogP contribution is 2.46. The zero-order valence-corrected chi connectivity index (χ0v) is 12.8. The molecular formula is C16H24FNO2. The van der Waals surface area contributed by atoms with E-state index in [9.17, 15) is 4.39 Å². The van der Waals surface area contributed by atoms with Crippen LogP contribution in [0.25, 0.3) is 0 Å². The van der Waals surface area contributed by atoms with E-state index in [0.717, 1.165) is 31.2 Å². The summed E-state index contributed by atoms with van der Waals surface area (Å²) in [6, 6.07) is 3.54. The molecule has 0 aromatic heterocycles. The lowest BCUT2D eigenvalue weighted by atomic mass is 9.85. The molecule has 1 aliphatic rings. The molecule has 20 heavy (non-hydrogen) atoms. The Morgan fingerprint density at radius 2 is 1.75 bits per heavy atom. The maximum atomic E-state index is 14.3. The fourth-order valence-electron chi connectivity index (χ4n) is 2.95. The van der Waals surface area contributed by atoms with E-state index < -0.39 is 11.2 Å². The van der Waals surface area contributed by atoms with Crippen molar-refractivity contribution in [2.45, 2.75) is 50.7 Å². The second-order valence-corrected chi connectivity index (χ2v) is 6.10. The molecule has 1 fully saturated rings. The smallest absolute Gasteiger partial charge is 0.165 e. The molecule has 0 amide bonds. The number of alkyl halides is 1. The zero-order valence-electron chi connectivity index (χ0n) is 12.8. The van der Waals surface area contributed by atoms with Gasteiger partial charge in [0.25, 0.3) is 0 Å². The Bertz CT molecular complexity index is 488. The van der Waals surface area contributed by atoms with Gasteiger partial charge in [0.05, 0.1) is 14.2 Å². The maximum Gasteiger partial charge on any atom is 0.165 e. The van der Waals surface area contributed by atoms with Crippen LogP contribution in [0.15, 0.2) is 12.1 Å². The Morgan fingerprint density at radius 1 is 1.15 bits per heavy atom. The van der Waals surface area contributed by atoms with Gasteiger partial charge in [-0.3, -0.25) is 0 Å². The van der Waals surface area contributed by atoms with E-state index in [1.165, 1.54) is 13.8 Å². The summed E-state index contributed by atoms with van der Waals surface area (Å²) in [5, 5.41) is 0. The molecule has 112 valence electrons. The summed E-state index contributed by atoms with van der Waals surface area (Å²) in [6.07, 6.45) is 3.96. The van der Waals surface area contributed by atoms with Gasteiger partial charge in [0.2, 0.25) is 0 Å². The number of hydrogen-bond acceptors (Lipinski definition) is 3. The zero-order chi connectivity index (χ0) is 15.0. The van der Waals surface area contributed by atoms with Crippen LogP contribution < -0.4 is 15.2 Å². The van der Waals surface area contributed by atoms with Crippen LogP contribution in [0.4, 0.5) is 4.39 Å². The second-order valence-electron chi connectivity index (χ2n) is 6.10. The summed E-state index contributed by atoms with van der Waals surface area (Å²) in [7, 11) is 3.16. The first-order chi connectivity index (χ1) is 9.31. The molecule has 1 aromatic carbocycles. The monoisotopic (exact) mass is 281 g/mol. The second kappa shape index (κ2) is 5.24. The Morgan fingerprint density at radius 3 is 2.20 bits per heavy atom. The quantitative estimate of drug-likeness (QED) is 0.916. The summed E-state index contributed by atoms with van der Waals surface area (Å²) in [5.41, 5.74) is 6.08. The molecule has 2 rings (SSSR count). The molecule has 0 heterocycles. The van der Waals surface area contributed by atoms with Crippen molar-refractivity contribution in [3.63, 3.8) is 0 Å².